The molecule has 6 atom stereocenters. The van der Waals surface area contributed by atoms with E-state index in [-0.39, 0.29) is 50.7 Å². The van der Waals surface area contributed by atoms with Crippen LogP contribution in [0.2, 0.25) is 0 Å². The number of halogens is 2. The maximum atomic E-state index is 12.8. The third-order valence-corrected chi connectivity index (χ3v) is 8.55. The number of benzene rings is 1. The van der Waals surface area contributed by atoms with Gasteiger partial charge in [-0.3, -0.25) is 14.5 Å². The van der Waals surface area contributed by atoms with Crippen LogP contribution in [0.1, 0.15) is 16.8 Å². The first-order valence-electron chi connectivity index (χ1n) is 7.41. The minimum atomic E-state index is -1.08. The Balaban J connectivity index is 1.73. The van der Waals surface area contributed by atoms with Gasteiger partial charge in [0.25, 0.3) is 0 Å². The minimum Gasteiger partial charge on any atom is -0.478 e. The zero-order valence-corrected chi connectivity index (χ0v) is 15.0. The van der Waals surface area contributed by atoms with Crippen molar-refractivity contribution in [1.82, 2.24) is 0 Å². The summed E-state index contributed by atoms with van der Waals surface area (Å²) < 4.78 is 0. The van der Waals surface area contributed by atoms with Gasteiger partial charge in [0.05, 0.1) is 23.1 Å². The highest BCUT2D eigenvalue weighted by Crippen LogP contribution is 2.60. The Bertz CT molecular complexity index is 705. The Kier molecular flexibility index (Phi) is 3.43. The summed E-state index contributed by atoms with van der Waals surface area (Å²) in [6.07, 6.45) is 0.877. The molecule has 1 aliphatic heterocycles. The molecule has 3 aliphatic rings. The first-order chi connectivity index (χ1) is 10.9. The van der Waals surface area contributed by atoms with Gasteiger partial charge in [-0.1, -0.05) is 37.9 Å². The number of fused-ring (bicyclic) bond motifs is 5. The first kappa shape index (κ1) is 15.3. The number of hydrogen-bond acceptors (Lipinski definition) is 3. The summed E-state index contributed by atoms with van der Waals surface area (Å²) >= 11 is 7.29. The van der Waals surface area contributed by atoms with Crippen LogP contribution in [0.5, 0.6) is 0 Å². The molecule has 1 heterocycles. The van der Waals surface area contributed by atoms with E-state index in [2.05, 4.69) is 31.9 Å². The maximum Gasteiger partial charge on any atom is 0.335 e. The van der Waals surface area contributed by atoms with Crippen LogP contribution < -0.4 is 4.90 Å². The quantitative estimate of drug-likeness (QED) is 0.564. The summed E-state index contributed by atoms with van der Waals surface area (Å²) in [7, 11) is 0. The molecule has 7 heteroatoms. The van der Waals surface area contributed by atoms with Crippen LogP contribution in [0, 0.1) is 23.7 Å². The highest BCUT2D eigenvalue weighted by Gasteiger charge is 2.66. The van der Waals surface area contributed by atoms with Crippen molar-refractivity contribution in [3.63, 3.8) is 0 Å². The van der Waals surface area contributed by atoms with Gasteiger partial charge < -0.3 is 5.11 Å². The summed E-state index contributed by atoms with van der Waals surface area (Å²) in [5, 5.41) is 9.11. The van der Waals surface area contributed by atoms with E-state index in [1.54, 1.807) is 12.1 Å². The van der Waals surface area contributed by atoms with Gasteiger partial charge in [0, 0.05) is 9.65 Å². The van der Waals surface area contributed by atoms with Crippen molar-refractivity contribution in [3.05, 3.63) is 29.8 Å². The van der Waals surface area contributed by atoms with Crippen molar-refractivity contribution in [1.29, 1.82) is 0 Å². The average molecular weight is 443 g/mol. The average Bonchev–Trinajstić information content (AvgIpc) is 3.12. The van der Waals surface area contributed by atoms with Gasteiger partial charge in [-0.2, -0.15) is 0 Å². The molecule has 0 radical (unpaired) electrons. The molecular weight excluding hydrogens is 430 g/mol. The summed E-state index contributed by atoms with van der Waals surface area (Å²) in [5.74, 6) is -1.75. The first-order valence-corrected chi connectivity index (χ1v) is 9.24. The number of hydrogen-bond donors (Lipinski definition) is 1. The number of amides is 2. The van der Waals surface area contributed by atoms with E-state index in [4.69, 9.17) is 5.11 Å². The molecule has 0 unspecified atom stereocenters. The number of carboxylic acids is 1. The number of carbonyl (C=O) groups is 3. The van der Waals surface area contributed by atoms with Crippen molar-refractivity contribution in [2.75, 3.05) is 4.90 Å². The molecule has 1 aromatic carbocycles. The second kappa shape index (κ2) is 5.14. The smallest absolute Gasteiger partial charge is 0.335 e. The van der Waals surface area contributed by atoms with Crippen LogP contribution in [-0.4, -0.2) is 32.5 Å². The topological polar surface area (TPSA) is 74.7 Å². The predicted molar refractivity (Wildman–Crippen MR) is 89.9 cm³/mol. The Morgan fingerprint density at radius 1 is 1.09 bits per heavy atom. The molecule has 4 rings (SSSR count). The zero-order chi connectivity index (χ0) is 16.5. The molecule has 23 heavy (non-hydrogen) atoms. The van der Waals surface area contributed by atoms with Crippen molar-refractivity contribution >= 4 is 55.3 Å². The molecule has 2 bridgehead atoms. The molecule has 1 aromatic rings. The molecule has 3 fully saturated rings. The standard InChI is InChI=1S/C16H13Br2NO4/c17-12-8-5-9(13(12)18)11-10(8)14(20)19(15(11)21)7-3-1-2-6(4-7)16(22)23/h1-4,8-13H,5H2,(H,22,23)/t8-,9+,10-,11+,12-,13+. The third kappa shape index (κ3) is 1.99. The zero-order valence-electron chi connectivity index (χ0n) is 11.9. The molecule has 5 nitrogen and oxygen atoms in total. The second-order valence-electron chi connectivity index (χ2n) is 6.37. The molecule has 120 valence electrons. The van der Waals surface area contributed by atoms with Gasteiger partial charge in [0.15, 0.2) is 0 Å². The van der Waals surface area contributed by atoms with Gasteiger partial charge in [0.1, 0.15) is 0 Å². The van der Waals surface area contributed by atoms with Gasteiger partial charge >= 0.3 is 5.97 Å². The Morgan fingerprint density at radius 3 is 2.17 bits per heavy atom. The lowest BCUT2D eigenvalue weighted by Gasteiger charge is -2.28. The SMILES string of the molecule is O=C(O)c1cccc(N2C(=O)[C@@H]3[C@H]4C[C@H]([C@H](Br)[C@@H]4Br)[C@@H]3C2=O)c1. The van der Waals surface area contributed by atoms with Crippen molar-refractivity contribution in [3.8, 4) is 0 Å². The van der Waals surface area contributed by atoms with Crippen LogP contribution in [0.4, 0.5) is 5.69 Å². The Labute approximate surface area is 149 Å². The van der Waals surface area contributed by atoms with Gasteiger partial charge in [0.2, 0.25) is 11.8 Å². The number of anilines is 1. The lowest BCUT2D eigenvalue weighted by Crippen LogP contribution is -2.37. The molecule has 2 saturated carbocycles. The van der Waals surface area contributed by atoms with Crippen molar-refractivity contribution < 1.29 is 19.5 Å². The Morgan fingerprint density at radius 2 is 1.65 bits per heavy atom. The molecule has 0 aromatic heterocycles. The highest BCUT2D eigenvalue weighted by atomic mass is 79.9. The number of carboxylic acid groups (broad SMARTS) is 1. The molecule has 0 spiro atoms. The summed E-state index contributed by atoms with van der Waals surface area (Å²) in [6, 6.07) is 6.01. The van der Waals surface area contributed by atoms with Gasteiger partial charge in [-0.25, -0.2) is 4.79 Å². The molecule has 2 aliphatic carbocycles. The fourth-order valence-electron chi connectivity index (χ4n) is 4.38. The van der Waals surface area contributed by atoms with E-state index in [9.17, 15) is 14.4 Å². The Hall–Kier alpha value is -1.21. The van der Waals surface area contributed by atoms with Crippen LogP contribution in [0.3, 0.4) is 0 Å². The molecule has 1 N–H and O–H groups in total. The van der Waals surface area contributed by atoms with E-state index < -0.39 is 5.97 Å². The normalized spacial score (nSPS) is 38.3. The monoisotopic (exact) mass is 441 g/mol. The fourth-order valence-corrected chi connectivity index (χ4v) is 6.25. The maximum absolute atomic E-state index is 12.8. The predicted octanol–water partition coefficient (Wildman–Crippen LogP) is 2.67. The fraction of sp³-hybridized carbons (Fsp3) is 0.438. The second-order valence-corrected chi connectivity index (χ2v) is 8.49. The van der Waals surface area contributed by atoms with Crippen LogP contribution in [-0.2, 0) is 9.59 Å². The summed E-state index contributed by atoms with van der Waals surface area (Å²) in [4.78, 5) is 38.4. The highest BCUT2D eigenvalue weighted by molar-refractivity contribution is 9.12. The number of imide groups is 1. The molecule has 2 amide bonds. The largest absolute Gasteiger partial charge is 0.478 e. The van der Waals surface area contributed by atoms with Gasteiger partial charge in [-0.05, 0) is 36.5 Å². The summed E-state index contributed by atoms with van der Waals surface area (Å²) in [5.41, 5.74) is 0.422. The number of aromatic carboxylic acids is 1. The van der Waals surface area contributed by atoms with E-state index in [0.29, 0.717) is 5.69 Å². The van der Waals surface area contributed by atoms with E-state index in [1.807, 2.05) is 0 Å². The van der Waals surface area contributed by atoms with Crippen LogP contribution >= 0.6 is 31.9 Å². The lowest BCUT2D eigenvalue weighted by molar-refractivity contribution is -0.123. The number of carbonyl (C=O) groups excluding carboxylic acids is 2. The number of nitrogens with zero attached hydrogens (tertiary/aromatic N) is 1. The number of alkyl halides is 2. The van der Waals surface area contributed by atoms with Crippen molar-refractivity contribution in [2.45, 2.75) is 16.1 Å². The van der Waals surface area contributed by atoms with Crippen LogP contribution in [0.15, 0.2) is 24.3 Å². The number of rotatable bonds is 2. The van der Waals surface area contributed by atoms with Crippen molar-refractivity contribution in [2.24, 2.45) is 23.7 Å². The minimum absolute atomic E-state index is 0.0693. The summed E-state index contributed by atoms with van der Waals surface area (Å²) in [6.45, 7) is 0. The van der Waals surface area contributed by atoms with Crippen LogP contribution in [0.25, 0.3) is 0 Å². The van der Waals surface area contributed by atoms with E-state index in [0.717, 1.165) is 6.42 Å². The molecular formula is C16H13Br2NO4. The van der Waals surface area contributed by atoms with Gasteiger partial charge in [-0.15, -0.1) is 0 Å². The molecule has 1 saturated heterocycles. The third-order valence-electron chi connectivity index (χ3n) is 5.34. The van der Waals surface area contributed by atoms with E-state index >= 15 is 0 Å². The van der Waals surface area contributed by atoms with E-state index in [1.165, 1.54) is 17.0 Å². The lowest BCUT2D eigenvalue weighted by atomic mass is 9.81.